The van der Waals surface area contributed by atoms with Gasteiger partial charge in [0.15, 0.2) is 0 Å². The Morgan fingerprint density at radius 1 is 1.25 bits per heavy atom. The lowest BCUT2D eigenvalue weighted by Gasteiger charge is -2.07. The summed E-state index contributed by atoms with van der Waals surface area (Å²) in [6.07, 6.45) is 2.57. The maximum atomic E-state index is 11.9. The van der Waals surface area contributed by atoms with Gasteiger partial charge in [-0.3, -0.25) is 9.78 Å². The van der Waals surface area contributed by atoms with Gasteiger partial charge < -0.3 is 10.4 Å². The molecule has 1 aromatic carbocycles. The van der Waals surface area contributed by atoms with Crippen LogP contribution in [0.5, 0.6) is 0 Å². The van der Waals surface area contributed by atoms with E-state index in [1.165, 1.54) is 12.1 Å². The molecule has 0 aliphatic heterocycles. The molecule has 3 N–H and O–H groups in total. The van der Waals surface area contributed by atoms with Crippen molar-refractivity contribution in [1.82, 2.24) is 9.97 Å². The molecular weight excluding hydrogens is 258 g/mol. The third kappa shape index (κ3) is 2.27. The Morgan fingerprint density at radius 2 is 2.00 bits per heavy atom. The van der Waals surface area contributed by atoms with Gasteiger partial charge in [-0.05, 0) is 43.5 Å². The summed E-state index contributed by atoms with van der Waals surface area (Å²) < 4.78 is 0. The first-order valence-corrected chi connectivity index (χ1v) is 6.36. The Bertz CT molecular complexity index is 719. The molecule has 102 valence electrons. The van der Waals surface area contributed by atoms with Crippen LogP contribution >= 0.6 is 0 Å². The Kier molecular flexibility index (Phi) is 2.98. The molecule has 1 aliphatic rings. The molecule has 0 saturated heterocycles. The molecule has 1 aliphatic carbocycles. The van der Waals surface area contributed by atoms with Crippen molar-refractivity contribution in [3.8, 4) is 0 Å². The van der Waals surface area contributed by atoms with Gasteiger partial charge in [-0.25, -0.2) is 9.78 Å². The van der Waals surface area contributed by atoms with E-state index in [1.807, 2.05) is 0 Å². The number of carboxylic acid groups (broad SMARTS) is 1. The Morgan fingerprint density at radius 3 is 2.70 bits per heavy atom. The van der Waals surface area contributed by atoms with E-state index in [2.05, 4.69) is 15.3 Å². The number of hydrogen-bond acceptors (Lipinski definition) is 4. The quantitative estimate of drug-likeness (QED) is 0.789. The second kappa shape index (κ2) is 4.80. The van der Waals surface area contributed by atoms with Crippen molar-refractivity contribution in [3.05, 3.63) is 51.4 Å². The van der Waals surface area contributed by atoms with E-state index < -0.39 is 5.97 Å². The van der Waals surface area contributed by atoms with Gasteiger partial charge in [-0.1, -0.05) is 0 Å². The molecule has 0 bridgehead atoms. The summed E-state index contributed by atoms with van der Waals surface area (Å²) in [6.45, 7) is 0. The highest BCUT2D eigenvalue weighted by atomic mass is 16.4. The normalized spacial score (nSPS) is 13.0. The third-order valence-electron chi connectivity index (χ3n) is 3.34. The van der Waals surface area contributed by atoms with Gasteiger partial charge >= 0.3 is 5.97 Å². The zero-order valence-corrected chi connectivity index (χ0v) is 10.6. The Labute approximate surface area is 114 Å². The fourth-order valence-corrected chi connectivity index (χ4v) is 2.33. The molecular formula is C14H13N3O3. The van der Waals surface area contributed by atoms with Gasteiger partial charge in [0, 0.05) is 11.3 Å². The first-order chi connectivity index (χ1) is 9.63. The number of nitrogens with one attached hydrogen (secondary N) is 2. The van der Waals surface area contributed by atoms with Crippen LogP contribution in [0.3, 0.4) is 0 Å². The molecule has 0 amide bonds. The van der Waals surface area contributed by atoms with Crippen LogP contribution in [0.15, 0.2) is 29.1 Å². The Hall–Kier alpha value is -2.63. The van der Waals surface area contributed by atoms with Gasteiger partial charge in [-0.2, -0.15) is 0 Å². The van der Waals surface area contributed by atoms with E-state index in [4.69, 9.17) is 5.11 Å². The monoisotopic (exact) mass is 271 g/mol. The van der Waals surface area contributed by atoms with Crippen molar-refractivity contribution in [1.29, 1.82) is 0 Å². The van der Waals surface area contributed by atoms with Crippen LogP contribution in [-0.2, 0) is 12.8 Å². The number of anilines is 2. The number of benzene rings is 1. The number of fused-ring (bicyclic) bond motifs is 1. The molecule has 20 heavy (non-hydrogen) atoms. The maximum Gasteiger partial charge on any atom is 0.335 e. The topological polar surface area (TPSA) is 95.1 Å². The maximum absolute atomic E-state index is 11.9. The van der Waals surface area contributed by atoms with Crippen molar-refractivity contribution in [2.45, 2.75) is 19.3 Å². The lowest BCUT2D eigenvalue weighted by Crippen LogP contribution is -2.16. The summed E-state index contributed by atoms with van der Waals surface area (Å²) >= 11 is 0. The van der Waals surface area contributed by atoms with Gasteiger partial charge in [-0.15, -0.1) is 0 Å². The standard InChI is InChI=1S/C14H13N3O3/c18-12-10-2-1-3-11(10)16-14(17-12)15-9-6-4-8(5-7-9)13(19)20/h4-7H,1-3H2,(H,19,20)(H2,15,16,17,18). The molecule has 0 saturated carbocycles. The summed E-state index contributed by atoms with van der Waals surface area (Å²) in [4.78, 5) is 29.7. The van der Waals surface area contributed by atoms with Gasteiger partial charge in [0.05, 0.1) is 11.3 Å². The predicted octanol–water partition coefficient (Wildman–Crippen LogP) is 1.70. The molecule has 1 aromatic heterocycles. The van der Waals surface area contributed by atoms with E-state index in [-0.39, 0.29) is 11.1 Å². The molecule has 0 radical (unpaired) electrons. The summed E-state index contributed by atoms with van der Waals surface area (Å²) in [5.74, 6) is -0.584. The summed E-state index contributed by atoms with van der Waals surface area (Å²) in [5, 5.41) is 11.8. The summed E-state index contributed by atoms with van der Waals surface area (Å²) in [7, 11) is 0. The number of carbonyl (C=O) groups is 1. The highest BCUT2D eigenvalue weighted by Gasteiger charge is 2.17. The van der Waals surface area contributed by atoms with E-state index in [0.717, 1.165) is 30.5 Å². The van der Waals surface area contributed by atoms with E-state index in [9.17, 15) is 9.59 Å². The van der Waals surface area contributed by atoms with E-state index in [0.29, 0.717) is 11.6 Å². The van der Waals surface area contributed by atoms with Crippen LogP contribution in [0.2, 0.25) is 0 Å². The number of aromatic amines is 1. The third-order valence-corrected chi connectivity index (χ3v) is 3.34. The van der Waals surface area contributed by atoms with Crippen LogP contribution in [0.1, 0.15) is 28.0 Å². The van der Waals surface area contributed by atoms with E-state index >= 15 is 0 Å². The molecule has 0 atom stereocenters. The largest absolute Gasteiger partial charge is 0.478 e. The minimum atomic E-state index is -0.972. The number of carboxylic acids is 1. The molecule has 0 fully saturated rings. The SMILES string of the molecule is O=C(O)c1ccc(Nc2nc3c(c(=O)[nH]2)CCC3)cc1. The minimum Gasteiger partial charge on any atom is -0.478 e. The van der Waals surface area contributed by atoms with Crippen LogP contribution in [0, 0.1) is 0 Å². The van der Waals surface area contributed by atoms with Crippen molar-refractivity contribution >= 4 is 17.6 Å². The van der Waals surface area contributed by atoms with Gasteiger partial charge in [0.1, 0.15) is 0 Å². The number of aryl methyl sites for hydroxylation is 1. The number of hydrogen-bond donors (Lipinski definition) is 3. The molecule has 6 nitrogen and oxygen atoms in total. The summed E-state index contributed by atoms with van der Waals surface area (Å²) in [6, 6.07) is 6.26. The molecule has 2 aromatic rings. The van der Waals surface area contributed by atoms with Crippen molar-refractivity contribution in [3.63, 3.8) is 0 Å². The van der Waals surface area contributed by atoms with Gasteiger partial charge in [0.25, 0.3) is 5.56 Å². The average Bonchev–Trinajstić information content (AvgIpc) is 2.88. The summed E-state index contributed by atoms with van der Waals surface area (Å²) in [5.41, 5.74) is 2.41. The average molecular weight is 271 g/mol. The molecule has 1 heterocycles. The fourth-order valence-electron chi connectivity index (χ4n) is 2.33. The van der Waals surface area contributed by atoms with Crippen LogP contribution in [0.25, 0.3) is 0 Å². The number of rotatable bonds is 3. The number of H-pyrrole nitrogens is 1. The van der Waals surface area contributed by atoms with E-state index in [1.54, 1.807) is 12.1 Å². The van der Waals surface area contributed by atoms with Crippen LogP contribution in [-0.4, -0.2) is 21.0 Å². The second-order valence-electron chi connectivity index (χ2n) is 4.70. The lowest BCUT2D eigenvalue weighted by molar-refractivity contribution is 0.0697. The van der Waals surface area contributed by atoms with Crippen LogP contribution in [0.4, 0.5) is 11.6 Å². The molecule has 6 heteroatoms. The van der Waals surface area contributed by atoms with Crippen molar-refractivity contribution in [2.75, 3.05) is 5.32 Å². The number of aromatic carboxylic acids is 1. The van der Waals surface area contributed by atoms with Gasteiger partial charge in [0.2, 0.25) is 5.95 Å². The number of aromatic nitrogens is 2. The van der Waals surface area contributed by atoms with Crippen LogP contribution < -0.4 is 10.9 Å². The molecule has 0 unspecified atom stereocenters. The Balaban J connectivity index is 1.86. The molecule has 3 rings (SSSR count). The van der Waals surface area contributed by atoms with Crippen molar-refractivity contribution < 1.29 is 9.90 Å². The molecule has 0 spiro atoms. The zero-order chi connectivity index (χ0) is 14.1. The number of nitrogens with zero attached hydrogens (tertiary/aromatic N) is 1. The minimum absolute atomic E-state index is 0.0999. The first-order valence-electron chi connectivity index (χ1n) is 6.36. The van der Waals surface area contributed by atoms with Crippen molar-refractivity contribution in [2.24, 2.45) is 0 Å². The predicted molar refractivity (Wildman–Crippen MR) is 73.6 cm³/mol. The highest BCUT2D eigenvalue weighted by Crippen LogP contribution is 2.19. The zero-order valence-electron chi connectivity index (χ0n) is 10.6. The highest BCUT2D eigenvalue weighted by molar-refractivity contribution is 5.88. The smallest absolute Gasteiger partial charge is 0.335 e. The fraction of sp³-hybridized carbons (Fsp3) is 0.214. The second-order valence-corrected chi connectivity index (χ2v) is 4.70. The first kappa shape index (κ1) is 12.4. The lowest BCUT2D eigenvalue weighted by atomic mass is 10.2.